The lowest BCUT2D eigenvalue weighted by molar-refractivity contribution is -0.883. The number of rotatable bonds is 8. The average molecular weight is 302 g/mol. The molecule has 5 heteroatoms. The van der Waals surface area contributed by atoms with Crippen molar-refractivity contribution in [3.63, 3.8) is 0 Å². The minimum atomic E-state index is -0.134. The maximum absolute atomic E-state index is 12.1. The summed E-state index contributed by atoms with van der Waals surface area (Å²) in [5.41, 5.74) is 1.82. The molecule has 22 heavy (non-hydrogen) atoms. The number of para-hydroxylation sites is 1. The van der Waals surface area contributed by atoms with Gasteiger partial charge < -0.3 is 15.5 Å². The summed E-state index contributed by atoms with van der Waals surface area (Å²) in [6.45, 7) is 5.44. The summed E-state index contributed by atoms with van der Waals surface area (Å²) in [6.07, 6.45) is 6.01. The first-order valence-corrected chi connectivity index (χ1v) is 7.46. The molecular weight excluding hydrogens is 278 g/mol. The number of benzene rings is 1. The lowest BCUT2D eigenvalue weighted by Crippen LogP contribution is -3.14. The molecule has 0 saturated heterocycles. The highest BCUT2D eigenvalue weighted by atomic mass is 16.2. The van der Waals surface area contributed by atoms with E-state index in [2.05, 4.69) is 16.6 Å². The van der Waals surface area contributed by atoms with E-state index in [1.165, 1.54) is 0 Å². The van der Waals surface area contributed by atoms with Gasteiger partial charge in [0.15, 0.2) is 13.1 Å². The van der Waals surface area contributed by atoms with E-state index >= 15 is 0 Å². The van der Waals surface area contributed by atoms with Crippen molar-refractivity contribution in [2.45, 2.75) is 20.3 Å². The molecule has 2 amide bonds. The summed E-state index contributed by atoms with van der Waals surface area (Å²) in [4.78, 5) is 24.8. The highest BCUT2D eigenvalue weighted by molar-refractivity contribution is 5.92. The Morgan fingerprint density at radius 1 is 1.23 bits per heavy atom. The Bertz CT molecular complexity index is 549. The number of amides is 2. The summed E-state index contributed by atoms with van der Waals surface area (Å²) in [6, 6.07) is 7.62. The molecule has 1 atom stereocenters. The van der Waals surface area contributed by atoms with Crippen molar-refractivity contribution in [3.05, 3.63) is 29.8 Å². The van der Waals surface area contributed by atoms with Crippen LogP contribution in [0, 0.1) is 19.3 Å². The number of nitrogens with one attached hydrogen (secondary N) is 3. The second kappa shape index (κ2) is 9.59. The molecule has 0 aromatic heterocycles. The van der Waals surface area contributed by atoms with Crippen LogP contribution in [0.4, 0.5) is 5.69 Å². The van der Waals surface area contributed by atoms with Crippen LogP contribution >= 0.6 is 0 Å². The van der Waals surface area contributed by atoms with Crippen molar-refractivity contribution in [1.29, 1.82) is 0 Å². The van der Waals surface area contributed by atoms with Crippen LogP contribution in [0.5, 0.6) is 0 Å². The molecule has 1 unspecified atom stereocenters. The first-order valence-electron chi connectivity index (χ1n) is 7.46. The molecule has 0 heterocycles. The van der Waals surface area contributed by atoms with Crippen molar-refractivity contribution in [2.24, 2.45) is 0 Å². The molecule has 5 nitrogen and oxygen atoms in total. The topological polar surface area (TPSA) is 62.6 Å². The van der Waals surface area contributed by atoms with Crippen LogP contribution in [-0.4, -0.2) is 38.0 Å². The largest absolute Gasteiger partial charge is 0.340 e. The van der Waals surface area contributed by atoms with Crippen LogP contribution in [-0.2, 0) is 9.59 Å². The second-order valence-electron chi connectivity index (χ2n) is 5.20. The lowest BCUT2D eigenvalue weighted by atomic mass is 10.2. The van der Waals surface area contributed by atoms with Gasteiger partial charge in [-0.15, -0.1) is 6.42 Å². The highest BCUT2D eigenvalue weighted by Gasteiger charge is 2.17. The average Bonchev–Trinajstić information content (AvgIpc) is 2.47. The molecule has 0 spiro atoms. The van der Waals surface area contributed by atoms with Crippen LogP contribution in [0.3, 0.4) is 0 Å². The molecule has 3 N–H and O–H groups in total. The van der Waals surface area contributed by atoms with Crippen LogP contribution < -0.4 is 15.5 Å². The third-order valence-electron chi connectivity index (χ3n) is 3.23. The van der Waals surface area contributed by atoms with Crippen molar-refractivity contribution in [2.75, 3.05) is 31.5 Å². The second-order valence-corrected chi connectivity index (χ2v) is 5.20. The van der Waals surface area contributed by atoms with Crippen molar-refractivity contribution >= 4 is 17.5 Å². The normalized spacial score (nSPS) is 11.3. The number of terminal acetylenes is 1. The standard InChI is InChI=1S/C17H23N3O2/c1-4-10-18-16(21)12-20(11-5-2)13-17(22)19-15-9-7-6-8-14(15)3/h1,6-9H,5,10-13H2,2-3H3,(H,18,21)(H,19,22)/p+1. The molecule has 0 aliphatic heterocycles. The molecule has 0 saturated carbocycles. The number of carbonyl (C=O) groups excluding carboxylic acids is 2. The minimum absolute atomic E-state index is 0.0949. The Balaban J connectivity index is 2.55. The zero-order chi connectivity index (χ0) is 16.4. The summed E-state index contributed by atoms with van der Waals surface area (Å²) < 4.78 is 0. The molecule has 0 aliphatic rings. The third-order valence-corrected chi connectivity index (χ3v) is 3.23. The van der Waals surface area contributed by atoms with Crippen molar-refractivity contribution in [1.82, 2.24) is 5.32 Å². The zero-order valence-electron chi connectivity index (χ0n) is 13.2. The quantitative estimate of drug-likeness (QED) is 0.591. The minimum Gasteiger partial charge on any atom is -0.340 e. The number of hydrogen-bond donors (Lipinski definition) is 3. The van der Waals surface area contributed by atoms with Gasteiger partial charge in [-0.2, -0.15) is 0 Å². The van der Waals surface area contributed by atoms with Crippen molar-refractivity contribution < 1.29 is 14.5 Å². The summed E-state index contributed by atoms with van der Waals surface area (Å²) in [7, 11) is 0. The number of quaternary nitrogens is 1. The van der Waals surface area contributed by atoms with Gasteiger partial charge in [0.25, 0.3) is 11.8 Å². The Hall–Kier alpha value is -2.32. The first-order chi connectivity index (χ1) is 10.6. The van der Waals surface area contributed by atoms with E-state index in [4.69, 9.17) is 6.42 Å². The van der Waals surface area contributed by atoms with Gasteiger partial charge in [-0.25, -0.2) is 0 Å². The molecule has 1 rings (SSSR count). The third kappa shape index (κ3) is 6.42. The van der Waals surface area contributed by atoms with Gasteiger partial charge in [-0.3, -0.25) is 9.59 Å². The zero-order valence-corrected chi connectivity index (χ0v) is 13.2. The Morgan fingerprint density at radius 2 is 1.91 bits per heavy atom. The molecule has 0 aliphatic carbocycles. The van der Waals surface area contributed by atoms with Gasteiger partial charge in [-0.1, -0.05) is 31.0 Å². The Labute approximate surface area is 132 Å². The molecule has 0 radical (unpaired) electrons. The van der Waals surface area contributed by atoms with E-state index in [0.717, 1.165) is 29.1 Å². The van der Waals surface area contributed by atoms with Crippen LogP contribution in [0.1, 0.15) is 18.9 Å². The van der Waals surface area contributed by atoms with Gasteiger partial charge in [-0.05, 0) is 25.0 Å². The number of aryl methyl sites for hydroxylation is 1. The predicted octanol–water partition coefficient (Wildman–Crippen LogP) is -0.0222. The fourth-order valence-corrected chi connectivity index (χ4v) is 2.17. The van der Waals surface area contributed by atoms with Crippen LogP contribution in [0.2, 0.25) is 0 Å². The SMILES string of the molecule is C#CCNC(=O)C[NH+](CCC)CC(=O)Nc1ccccc1C. The van der Waals surface area contributed by atoms with Gasteiger partial charge in [0.2, 0.25) is 0 Å². The number of anilines is 1. The van der Waals surface area contributed by atoms with Crippen LogP contribution in [0.25, 0.3) is 0 Å². The van der Waals surface area contributed by atoms with E-state index in [9.17, 15) is 9.59 Å². The molecule has 118 valence electrons. The molecular formula is C17H24N3O2+. The summed E-state index contributed by atoms with van der Waals surface area (Å²) >= 11 is 0. The maximum Gasteiger partial charge on any atom is 0.279 e. The molecule has 1 aromatic rings. The Kier molecular flexibility index (Phi) is 7.73. The molecule has 0 bridgehead atoms. The smallest absolute Gasteiger partial charge is 0.279 e. The monoisotopic (exact) mass is 302 g/mol. The lowest BCUT2D eigenvalue weighted by Gasteiger charge is -2.18. The van der Waals surface area contributed by atoms with E-state index < -0.39 is 0 Å². The van der Waals surface area contributed by atoms with Crippen molar-refractivity contribution in [3.8, 4) is 12.3 Å². The van der Waals surface area contributed by atoms with Gasteiger partial charge in [0, 0.05) is 5.69 Å². The van der Waals surface area contributed by atoms with E-state index in [1.807, 2.05) is 38.1 Å². The fourth-order valence-electron chi connectivity index (χ4n) is 2.17. The molecule has 0 fully saturated rings. The predicted molar refractivity (Wildman–Crippen MR) is 87.5 cm³/mol. The highest BCUT2D eigenvalue weighted by Crippen LogP contribution is 2.12. The van der Waals surface area contributed by atoms with E-state index in [1.54, 1.807) is 0 Å². The molecule has 1 aromatic carbocycles. The van der Waals surface area contributed by atoms with Gasteiger partial charge in [0.05, 0.1) is 13.1 Å². The maximum atomic E-state index is 12.1. The Morgan fingerprint density at radius 3 is 2.55 bits per heavy atom. The summed E-state index contributed by atoms with van der Waals surface area (Å²) in [5.74, 6) is 2.13. The number of carbonyl (C=O) groups is 2. The fraction of sp³-hybridized carbons (Fsp3) is 0.412. The van der Waals surface area contributed by atoms with Gasteiger partial charge >= 0.3 is 0 Å². The number of hydrogen-bond acceptors (Lipinski definition) is 2. The first kappa shape index (κ1) is 17.7. The van der Waals surface area contributed by atoms with E-state index in [0.29, 0.717) is 0 Å². The van der Waals surface area contributed by atoms with Gasteiger partial charge in [0.1, 0.15) is 0 Å². The summed E-state index contributed by atoms with van der Waals surface area (Å²) in [5, 5.41) is 5.52. The van der Waals surface area contributed by atoms with E-state index in [-0.39, 0.29) is 31.4 Å². The van der Waals surface area contributed by atoms with Crippen LogP contribution in [0.15, 0.2) is 24.3 Å².